The smallest absolute Gasteiger partial charge is 0.222 e. The van der Waals surface area contributed by atoms with Gasteiger partial charge in [-0.2, -0.15) is 5.10 Å². The molecule has 36 heavy (non-hydrogen) atoms. The lowest BCUT2D eigenvalue weighted by molar-refractivity contribution is 0.0228. The molecule has 0 aliphatic carbocycles. The lowest BCUT2D eigenvalue weighted by Gasteiger charge is -2.26. The number of aliphatic hydroxyl groups is 1. The third kappa shape index (κ3) is 6.92. The highest BCUT2D eigenvalue weighted by molar-refractivity contribution is 5.65. The summed E-state index contributed by atoms with van der Waals surface area (Å²) in [5, 5.41) is 15.6. The van der Waals surface area contributed by atoms with Gasteiger partial charge in [0, 0.05) is 32.2 Å². The molecule has 0 spiro atoms. The third-order valence-corrected chi connectivity index (χ3v) is 5.74. The first-order valence-electron chi connectivity index (χ1n) is 12.1. The molecule has 1 unspecified atom stereocenters. The molecule has 0 amide bonds. The van der Waals surface area contributed by atoms with E-state index in [4.69, 9.17) is 14.6 Å². The Labute approximate surface area is 213 Å². The van der Waals surface area contributed by atoms with E-state index >= 15 is 0 Å². The number of hydrogen-bond donors (Lipinski definition) is 1. The Balaban J connectivity index is 1.68. The fraction of sp³-hybridized carbons (Fsp3) is 0.233. The number of benzene rings is 3. The van der Waals surface area contributed by atoms with Crippen LogP contribution in [0.5, 0.6) is 11.6 Å². The lowest BCUT2D eigenvalue weighted by atomic mass is 10.1. The van der Waals surface area contributed by atoms with Crippen molar-refractivity contribution in [3.8, 4) is 22.9 Å². The second-order valence-electron chi connectivity index (χ2n) is 8.67. The largest absolute Gasteiger partial charge is 0.439 e. The highest BCUT2D eigenvalue weighted by atomic mass is 16.5. The maximum Gasteiger partial charge on any atom is 0.222 e. The van der Waals surface area contributed by atoms with Gasteiger partial charge in [0.1, 0.15) is 11.4 Å². The summed E-state index contributed by atoms with van der Waals surface area (Å²) in [6.45, 7) is 5.95. The molecule has 0 saturated carbocycles. The van der Waals surface area contributed by atoms with E-state index in [0.717, 1.165) is 28.1 Å². The van der Waals surface area contributed by atoms with Gasteiger partial charge >= 0.3 is 0 Å². The van der Waals surface area contributed by atoms with Gasteiger partial charge in [-0.15, -0.1) is 6.58 Å². The van der Waals surface area contributed by atoms with Crippen LogP contribution in [0.15, 0.2) is 104 Å². The fourth-order valence-corrected chi connectivity index (χ4v) is 4.14. The summed E-state index contributed by atoms with van der Waals surface area (Å²) in [4.78, 5) is 2.21. The van der Waals surface area contributed by atoms with Gasteiger partial charge in [-0.25, -0.2) is 4.68 Å². The number of rotatable bonds is 13. The average molecular weight is 484 g/mol. The van der Waals surface area contributed by atoms with E-state index < -0.39 is 6.10 Å². The molecule has 6 nitrogen and oxygen atoms in total. The van der Waals surface area contributed by atoms with Crippen molar-refractivity contribution in [1.29, 1.82) is 0 Å². The Bertz CT molecular complexity index is 1210. The van der Waals surface area contributed by atoms with Gasteiger partial charge in [-0.3, -0.25) is 4.90 Å². The minimum Gasteiger partial charge on any atom is -0.439 e. The average Bonchev–Trinajstić information content (AvgIpc) is 3.20. The summed E-state index contributed by atoms with van der Waals surface area (Å²) in [5.41, 5.74) is 4.00. The van der Waals surface area contributed by atoms with Crippen molar-refractivity contribution in [3.05, 3.63) is 115 Å². The van der Waals surface area contributed by atoms with Crippen molar-refractivity contribution >= 4 is 0 Å². The maximum absolute atomic E-state index is 10.7. The molecular formula is C30H33N3O3. The van der Waals surface area contributed by atoms with Crippen LogP contribution in [0.1, 0.15) is 11.1 Å². The summed E-state index contributed by atoms with van der Waals surface area (Å²) < 4.78 is 13.7. The molecule has 1 aromatic heterocycles. The first-order chi connectivity index (χ1) is 17.6. The SMILES string of the molecule is C=CCOCC(O)CN(Cc1ccccc1)Cc1c(-c2ccccc2)nn(C)c1Oc1ccccc1. The van der Waals surface area contributed by atoms with Crippen LogP contribution in [0.4, 0.5) is 0 Å². The quantitative estimate of drug-likeness (QED) is 0.203. The number of nitrogens with zero attached hydrogens (tertiary/aromatic N) is 3. The van der Waals surface area contributed by atoms with E-state index in [-0.39, 0.29) is 6.61 Å². The van der Waals surface area contributed by atoms with Crippen LogP contribution in [0.3, 0.4) is 0 Å². The zero-order valence-corrected chi connectivity index (χ0v) is 20.7. The normalized spacial score (nSPS) is 12.0. The molecule has 1 N–H and O–H groups in total. The zero-order valence-electron chi connectivity index (χ0n) is 20.7. The molecule has 0 aliphatic rings. The second-order valence-corrected chi connectivity index (χ2v) is 8.67. The second kappa shape index (κ2) is 12.8. The number of hydrogen-bond acceptors (Lipinski definition) is 5. The van der Waals surface area contributed by atoms with Gasteiger partial charge in [0.25, 0.3) is 0 Å². The van der Waals surface area contributed by atoms with Gasteiger partial charge in [0.2, 0.25) is 5.88 Å². The van der Waals surface area contributed by atoms with Crippen LogP contribution in [-0.2, 0) is 24.9 Å². The standard InChI is InChI=1S/C30H33N3O3/c1-3-19-35-23-26(34)21-33(20-24-13-7-4-8-14-24)22-28-29(25-15-9-5-10-16-25)31-32(2)30(28)36-27-17-11-6-12-18-27/h3-18,26,34H,1,19-23H2,2H3. The van der Waals surface area contributed by atoms with E-state index in [2.05, 4.69) is 35.7 Å². The summed E-state index contributed by atoms with van der Waals surface area (Å²) in [6.07, 6.45) is 1.03. The van der Waals surface area contributed by atoms with E-state index in [1.54, 1.807) is 10.8 Å². The lowest BCUT2D eigenvalue weighted by Crippen LogP contribution is -2.34. The fourth-order valence-electron chi connectivity index (χ4n) is 4.14. The van der Waals surface area contributed by atoms with E-state index in [0.29, 0.717) is 32.1 Å². The van der Waals surface area contributed by atoms with E-state index in [1.165, 1.54) is 0 Å². The monoisotopic (exact) mass is 483 g/mol. The van der Waals surface area contributed by atoms with Crippen LogP contribution >= 0.6 is 0 Å². The van der Waals surface area contributed by atoms with Gasteiger partial charge in [0.05, 0.1) is 24.9 Å². The van der Waals surface area contributed by atoms with Crippen LogP contribution in [0.25, 0.3) is 11.3 Å². The molecule has 0 radical (unpaired) electrons. The van der Waals surface area contributed by atoms with Crippen molar-refractivity contribution in [1.82, 2.24) is 14.7 Å². The molecule has 1 heterocycles. The van der Waals surface area contributed by atoms with Gasteiger partial charge in [-0.1, -0.05) is 84.9 Å². The minimum absolute atomic E-state index is 0.239. The first-order valence-corrected chi connectivity index (χ1v) is 12.1. The van der Waals surface area contributed by atoms with Gasteiger partial charge in [0.15, 0.2) is 0 Å². The van der Waals surface area contributed by atoms with Gasteiger partial charge < -0.3 is 14.6 Å². The summed E-state index contributed by atoms with van der Waals surface area (Å²) >= 11 is 0. The predicted molar refractivity (Wildman–Crippen MR) is 143 cm³/mol. The van der Waals surface area contributed by atoms with E-state index in [9.17, 15) is 5.11 Å². The highest BCUT2D eigenvalue weighted by Crippen LogP contribution is 2.34. The zero-order chi connectivity index (χ0) is 25.2. The molecule has 6 heteroatoms. The van der Waals surface area contributed by atoms with Gasteiger partial charge in [-0.05, 0) is 17.7 Å². The molecule has 0 aliphatic heterocycles. The number of aryl methyl sites for hydroxylation is 1. The van der Waals surface area contributed by atoms with Crippen LogP contribution in [-0.4, -0.2) is 45.6 Å². The molecule has 186 valence electrons. The number of para-hydroxylation sites is 1. The van der Waals surface area contributed by atoms with Crippen LogP contribution in [0.2, 0.25) is 0 Å². The molecule has 4 rings (SSSR count). The maximum atomic E-state index is 10.7. The van der Waals surface area contributed by atoms with Crippen molar-refractivity contribution in [3.63, 3.8) is 0 Å². The number of aliphatic hydroxyl groups excluding tert-OH is 1. The first kappa shape index (κ1) is 25.4. The number of ether oxygens (including phenoxy) is 2. The van der Waals surface area contributed by atoms with E-state index in [1.807, 2.05) is 73.8 Å². The van der Waals surface area contributed by atoms with Crippen molar-refractivity contribution in [2.24, 2.45) is 7.05 Å². The van der Waals surface area contributed by atoms with Crippen LogP contribution in [0, 0.1) is 0 Å². The molecule has 0 fully saturated rings. The Morgan fingerprint density at radius 2 is 1.58 bits per heavy atom. The van der Waals surface area contributed by atoms with Crippen molar-refractivity contribution < 1.29 is 14.6 Å². The van der Waals surface area contributed by atoms with Crippen molar-refractivity contribution in [2.75, 3.05) is 19.8 Å². The minimum atomic E-state index is -0.649. The summed E-state index contributed by atoms with van der Waals surface area (Å²) in [6, 6.07) is 30.1. The Hall–Kier alpha value is -3.71. The Morgan fingerprint density at radius 1 is 0.944 bits per heavy atom. The topological polar surface area (TPSA) is 59.8 Å². The summed E-state index contributed by atoms with van der Waals surface area (Å²) in [7, 11) is 1.90. The third-order valence-electron chi connectivity index (χ3n) is 5.74. The Kier molecular flexibility index (Phi) is 9.05. The van der Waals surface area contributed by atoms with Crippen molar-refractivity contribution in [2.45, 2.75) is 19.2 Å². The van der Waals surface area contributed by atoms with Crippen LogP contribution < -0.4 is 4.74 Å². The predicted octanol–water partition coefficient (Wildman–Crippen LogP) is 5.45. The highest BCUT2D eigenvalue weighted by Gasteiger charge is 2.23. The Morgan fingerprint density at radius 3 is 2.25 bits per heavy atom. The number of aromatic nitrogens is 2. The molecular weight excluding hydrogens is 450 g/mol. The molecule has 3 aromatic carbocycles. The summed E-state index contributed by atoms with van der Waals surface area (Å²) in [5.74, 6) is 1.42. The molecule has 1 atom stereocenters. The molecule has 4 aromatic rings. The molecule has 0 saturated heterocycles. The molecule has 0 bridgehead atoms.